The lowest BCUT2D eigenvalue weighted by molar-refractivity contribution is -0.135. The van der Waals surface area contributed by atoms with Gasteiger partial charge < -0.3 is 0 Å². The van der Waals surface area contributed by atoms with Crippen molar-refractivity contribution < 1.29 is 14.0 Å². The molecule has 1 atom stereocenters. The molecule has 1 aromatic heterocycles. The second kappa shape index (κ2) is 4.64. The predicted octanol–water partition coefficient (Wildman–Crippen LogP) is 0.435. The van der Waals surface area contributed by atoms with Gasteiger partial charge in [-0.3, -0.25) is 24.7 Å². The first-order valence-corrected chi connectivity index (χ1v) is 6.45. The van der Waals surface area contributed by atoms with Gasteiger partial charge in [-0.25, -0.2) is 4.39 Å². The molecule has 0 saturated carbocycles. The predicted molar refractivity (Wildman–Crippen MR) is 63.9 cm³/mol. The summed E-state index contributed by atoms with van der Waals surface area (Å²) in [5, 5.41) is 5.40. The first-order chi connectivity index (χ1) is 9.13. The summed E-state index contributed by atoms with van der Waals surface area (Å²) in [6.45, 7) is 0.732. The van der Waals surface area contributed by atoms with Crippen LogP contribution >= 0.6 is 0 Å². The molecule has 1 unspecified atom stereocenters. The zero-order chi connectivity index (χ0) is 13.4. The van der Waals surface area contributed by atoms with Crippen LogP contribution in [0.25, 0.3) is 0 Å². The summed E-state index contributed by atoms with van der Waals surface area (Å²) in [4.78, 5) is 23.6. The average Bonchev–Trinajstić information content (AvgIpc) is 2.89. The van der Waals surface area contributed by atoms with Crippen molar-refractivity contribution in [2.45, 2.75) is 38.4 Å². The molecule has 6 nitrogen and oxygen atoms in total. The van der Waals surface area contributed by atoms with Crippen LogP contribution < -0.4 is 5.43 Å². The monoisotopic (exact) mass is 266 g/mol. The number of rotatable bonds is 2. The van der Waals surface area contributed by atoms with Gasteiger partial charge in [0.25, 0.3) is 5.91 Å². The van der Waals surface area contributed by atoms with E-state index in [0.29, 0.717) is 19.4 Å². The molecule has 0 spiro atoms. The summed E-state index contributed by atoms with van der Waals surface area (Å²) in [6.07, 6.45) is 1.59. The van der Waals surface area contributed by atoms with E-state index in [0.717, 1.165) is 18.5 Å². The molecule has 102 valence electrons. The standard InChI is InChI=1S/C12H15FN4O2/c13-8-5-9-6-10(14-17(9)7-8)12(19)15-16-4-2-1-3-11(16)18/h6,8H,1-5,7H2,(H,15,19). The van der Waals surface area contributed by atoms with Gasteiger partial charge >= 0.3 is 0 Å². The summed E-state index contributed by atoms with van der Waals surface area (Å²) in [5.74, 6) is -0.484. The number of nitrogens with zero attached hydrogens (tertiary/aromatic N) is 3. The van der Waals surface area contributed by atoms with Gasteiger partial charge in [0, 0.05) is 25.1 Å². The summed E-state index contributed by atoms with van der Waals surface area (Å²) >= 11 is 0. The van der Waals surface area contributed by atoms with Crippen LogP contribution in [0.4, 0.5) is 4.39 Å². The van der Waals surface area contributed by atoms with Crippen molar-refractivity contribution in [1.29, 1.82) is 0 Å². The molecular weight excluding hydrogens is 251 g/mol. The number of hydrogen-bond acceptors (Lipinski definition) is 3. The molecular formula is C12H15FN4O2. The van der Waals surface area contributed by atoms with Crippen molar-refractivity contribution in [2.75, 3.05) is 6.54 Å². The van der Waals surface area contributed by atoms with Crippen LogP contribution in [0.2, 0.25) is 0 Å². The zero-order valence-electron chi connectivity index (χ0n) is 10.4. The van der Waals surface area contributed by atoms with Crippen LogP contribution in [-0.4, -0.2) is 39.3 Å². The van der Waals surface area contributed by atoms with Crippen molar-refractivity contribution in [1.82, 2.24) is 20.2 Å². The van der Waals surface area contributed by atoms with E-state index in [1.54, 1.807) is 6.07 Å². The van der Waals surface area contributed by atoms with Crippen LogP contribution in [0.15, 0.2) is 6.07 Å². The Labute approximate surface area is 109 Å². The number of amides is 2. The molecule has 2 aliphatic rings. The molecule has 0 aromatic carbocycles. The Morgan fingerprint density at radius 3 is 3.05 bits per heavy atom. The van der Waals surface area contributed by atoms with Crippen LogP contribution in [0.5, 0.6) is 0 Å². The van der Waals surface area contributed by atoms with Gasteiger partial charge in [-0.05, 0) is 18.9 Å². The SMILES string of the molecule is O=C(NN1CCCCC1=O)c1cc2n(n1)CC(F)C2. The summed E-state index contributed by atoms with van der Waals surface area (Å²) < 4.78 is 14.6. The van der Waals surface area contributed by atoms with E-state index in [2.05, 4.69) is 10.5 Å². The number of nitrogens with one attached hydrogen (secondary N) is 1. The molecule has 1 saturated heterocycles. The second-order valence-corrected chi connectivity index (χ2v) is 4.95. The van der Waals surface area contributed by atoms with Crippen molar-refractivity contribution in [3.8, 4) is 0 Å². The fourth-order valence-corrected chi connectivity index (χ4v) is 2.47. The highest BCUT2D eigenvalue weighted by Crippen LogP contribution is 2.18. The van der Waals surface area contributed by atoms with Crippen LogP contribution in [-0.2, 0) is 17.8 Å². The van der Waals surface area contributed by atoms with E-state index >= 15 is 0 Å². The van der Waals surface area contributed by atoms with Crippen molar-refractivity contribution in [2.24, 2.45) is 0 Å². The Morgan fingerprint density at radius 1 is 1.47 bits per heavy atom. The fourth-order valence-electron chi connectivity index (χ4n) is 2.47. The van der Waals surface area contributed by atoms with E-state index in [1.807, 2.05) is 0 Å². The van der Waals surface area contributed by atoms with Crippen LogP contribution in [0.1, 0.15) is 35.4 Å². The molecule has 7 heteroatoms. The highest BCUT2D eigenvalue weighted by Gasteiger charge is 2.26. The molecule has 0 bridgehead atoms. The third-order valence-electron chi connectivity index (χ3n) is 3.46. The van der Waals surface area contributed by atoms with Gasteiger partial charge in [0.15, 0.2) is 5.69 Å². The summed E-state index contributed by atoms with van der Waals surface area (Å²) in [7, 11) is 0. The van der Waals surface area contributed by atoms with Gasteiger partial charge in [-0.15, -0.1) is 0 Å². The number of aromatic nitrogens is 2. The molecule has 19 heavy (non-hydrogen) atoms. The van der Waals surface area contributed by atoms with Crippen molar-refractivity contribution in [3.63, 3.8) is 0 Å². The largest absolute Gasteiger partial charge is 0.290 e. The van der Waals surface area contributed by atoms with Gasteiger partial charge in [0.05, 0.1) is 6.54 Å². The lowest BCUT2D eigenvalue weighted by Gasteiger charge is -2.26. The van der Waals surface area contributed by atoms with Gasteiger partial charge in [-0.1, -0.05) is 0 Å². The summed E-state index contributed by atoms with van der Waals surface area (Å²) in [6, 6.07) is 1.59. The maximum atomic E-state index is 13.1. The number of piperidine rings is 1. The quantitative estimate of drug-likeness (QED) is 0.844. The molecule has 1 fully saturated rings. The van der Waals surface area contributed by atoms with E-state index in [1.165, 1.54) is 9.69 Å². The Morgan fingerprint density at radius 2 is 2.32 bits per heavy atom. The second-order valence-electron chi connectivity index (χ2n) is 4.95. The minimum atomic E-state index is -0.914. The van der Waals surface area contributed by atoms with E-state index < -0.39 is 12.1 Å². The highest BCUT2D eigenvalue weighted by molar-refractivity contribution is 5.93. The number of hydrogen-bond donors (Lipinski definition) is 1. The number of carbonyl (C=O) groups excluding carboxylic acids is 2. The topological polar surface area (TPSA) is 67.2 Å². The maximum Gasteiger partial charge on any atom is 0.290 e. The Balaban J connectivity index is 1.67. The maximum absolute atomic E-state index is 13.1. The number of hydrazine groups is 1. The molecule has 3 heterocycles. The van der Waals surface area contributed by atoms with Gasteiger partial charge in [0.1, 0.15) is 6.17 Å². The Hall–Kier alpha value is -1.92. The minimum absolute atomic E-state index is 0.0739. The minimum Gasteiger partial charge on any atom is -0.273 e. The lowest BCUT2D eigenvalue weighted by Crippen LogP contribution is -2.48. The number of fused-ring (bicyclic) bond motifs is 1. The normalized spacial score (nSPS) is 22.5. The van der Waals surface area contributed by atoms with E-state index in [4.69, 9.17) is 0 Å². The first kappa shape index (κ1) is 12.1. The third-order valence-corrected chi connectivity index (χ3v) is 3.46. The van der Waals surface area contributed by atoms with Crippen molar-refractivity contribution in [3.05, 3.63) is 17.5 Å². The molecule has 2 amide bonds. The molecule has 0 radical (unpaired) electrons. The first-order valence-electron chi connectivity index (χ1n) is 6.45. The Kier molecular flexibility index (Phi) is 2.96. The smallest absolute Gasteiger partial charge is 0.273 e. The van der Waals surface area contributed by atoms with Crippen molar-refractivity contribution >= 4 is 11.8 Å². The fraction of sp³-hybridized carbons (Fsp3) is 0.583. The summed E-state index contributed by atoms with van der Waals surface area (Å²) in [5.41, 5.74) is 3.52. The molecule has 1 aromatic rings. The highest BCUT2D eigenvalue weighted by atomic mass is 19.1. The van der Waals surface area contributed by atoms with Gasteiger partial charge in [-0.2, -0.15) is 5.10 Å². The number of alkyl halides is 1. The number of halogens is 1. The zero-order valence-corrected chi connectivity index (χ0v) is 10.4. The van der Waals surface area contributed by atoms with Crippen LogP contribution in [0, 0.1) is 0 Å². The molecule has 2 aliphatic heterocycles. The number of carbonyl (C=O) groups is 2. The molecule has 1 N–H and O–H groups in total. The molecule has 3 rings (SSSR count). The van der Waals surface area contributed by atoms with Crippen LogP contribution in [0.3, 0.4) is 0 Å². The Bertz CT molecular complexity index is 504. The third kappa shape index (κ3) is 2.32. The van der Waals surface area contributed by atoms with E-state index in [9.17, 15) is 14.0 Å². The average molecular weight is 266 g/mol. The van der Waals surface area contributed by atoms with Gasteiger partial charge in [0.2, 0.25) is 5.91 Å². The molecule has 0 aliphatic carbocycles. The lowest BCUT2D eigenvalue weighted by atomic mass is 10.1. The van der Waals surface area contributed by atoms with E-state index in [-0.39, 0.29) is 18.1 Å².